The highest BCUT2D eigenvalue weighted by Gasteiger charge is 2.30. The van der Waals surface area contributed by atoms with Crippen molar-refractivity contribution in [3.8, 4) is 0 Å². The van der Waals surface area contributed by atoms with Crippen LogP contribution in [0, 0.1) is 11.8 Å². The minimum Gasteiger partial charge on any atom is -0.330 e. The molecule has 1 aliphatic heterocycles. The highest BCUT2D eigenvalue weighted by Crippen LogP contribution is 2.24. The monoisotopic (exact) mass is 177 g/mol. The van der Waals surface area contributed by atoms with Gasteiger partial charge in [-0.05, 0) is 24.8 Å². The van der Waals surface area contributed by atoms with E-state index in [1.54, 1.807) is 0 Å². The number of hydrogen-bond donors (Lipinski definition) is 1. The average Bonchev–Trinajstić information content (AvgIpc) is 2.29. The number of nitrogens with two attached hydrogens (primary N) is 1. The second-order valence-corrected chi connectivity index (χ2v) is 5.60. The zero-order valence-electron chi connectivity index (χ0n) is 6.79. The predicted octanol–water partition coefficient (Wildman–Crippen LogP) is 0.0159. The predicted molar refractivity (Wildman–Crippen MR) is 45.0 cm³/mol. The van der Waals surface area contributed by atoms with Crippen molar-refractivity contribution in [1.82, 2.24) is 0 Å². The van der Waals surface area contributed by atoms with Gasteiger partial charge >= 0.3 is 0 Å². The fourth-order valence-electron chi connectivity index (χ4n) is 1.47. The fraction of sp³-hybridized carbons (Fsp3) is 1.00. The molecule has 1 heterocycles. The molecule has 0 spiro atoms. The van der Waals surface area contributed by atoms with Crippen LogP contribution >= 0.6 is 0 Å². The molecule has 0 bridgehead atoms. The van der Waals surface area contributed by atoms with Gasteiger partial charge in [0.05, 0.1) is 11.5 Å². The Labute approximate surface area is 67.9 Å². The third-order valence-electron chi connectivity index (χ3n) is 2.44. The van der Waals surface area contributed by atoms with Crippen molar-refractivity contribution in [2.75, 3.05) is 18.1 Å². The smallest absolute Gasteiger partial charge is 0.150 e. The van der Waals surface area contributed by atoms with E-state index in [9.17, 15) is 8.42 Å². The van der Waals surface area contributed by atoms with E-state index in [-0.39, 0.29) is 0 Å². The highest BCUT2D eigenvalue weighted by atomic mass is 32.2. The van der Waals surface area contributed by atoms with Gasteiger partial charge in [0.2, 0.25) is 0 Å². The lowest BCUT2D eigenvalue weighted by atomic mass is 9.94. The van der Waals surface area contributed by atoms with Crippen molar-refractivity contribution < 1.29 is 8.42 Å². The first kappa shape index (κ1) is 9.00. The first-order valence-electron chi connectivity index (χ1n) is 3.95. The van der Waals surface area contributed by atoms with Crippen LogP contribution in [0.2, 0.25) is 0 Å². The summed E-state index contributed by atoms with van der Waals surface area (Å²) < 4.78 is 22.0. The molecular weight excluding hydrogens is 162 g/mol. The molecule has 0 aromatic carbocycles. The van der Waals surface area contributed by atoms with Gasteiger partial charge < -0.3 is 5.73 Å². The van der Waals surface area contributed by atoms with Gasteiger partial charge in [0.25, 0.3) is 0 Å². The van der Waals surface area contributed by atoms with Crippen molar-refractivity contribution in [2.24, 2.45) is 17.6 Å². The molecule has 1 rings (SSSR count). The molecule has 0 radical (unpaired) electrons. The van der Waals surface area contributed by atoms with E-state index in [1.807, 2.05) is 6.92 Å². The van der Waals surface area contributed by atoms with E-state index in [2.05, 4.69) is 0 Å². The van der Waals surface area contributed by atoms with Crippen LogP contribution in [0.4, 0.5) is 0 Å². The SMILES string of the molecule is CC(CN)C1CCS(=O)(=O)C1. The summed E-state index contributed by atoms with van der Waals surface area (Å²) >= 11 is 0. The summed E-state index contributed by atoms with van der Waals surface area (Å²) in [7, 11) is -2.71. The summed E-state index contributed by atoms with van der Waals surface area (Å²) in [5.74, 6) is 1.38. The third-order valence-corrected chi connectivity index (χ3v) is 4.24. The van der Waals surface area contributed by atoms with Crippen LogP contribution in [0.3, 0.4) is 0 Å². The fourth-order valence-corrected chi connectivity index (χ4v) is 3.44. The molecule has 3 nitrogen and oxygen atoms in total. The molecule has 0 saturated carbocycles. The standard InChI is InChI=1S/C7H15NO2S/c1-6(4-8)7-2-3-11(9,10)5-7/h6-7H,2-5,8H2,1H3. The summed E-state index contributed by atoms with van der Waals surface area (Å²) in [5, 5.41) is 0. The Morgan fingerprint density at radius 1 is 1.64 bits per heavy atom. The van der Waals surface area contributed by atoms with Crippen LogP contribution in [0.25, 0.3) is 0 Å². The van der Waals surface area contributed by atoms with Crippen molar-refractivity contribution in [3.63, 3.8) is 0 Å². The van der Waals surface area contributed by atoms with Crippen LogP contribution in [0.1, 0.15) is 13.3 Å². The zero-order valence-corrected chi connectivity index (χ0v) is 7.60. The molecule has 1 saturated heterocycles. The highest BCUT2D eigenvalue weighted by molar-refractivity contribution is 7.91. The number of rotatable bonds is 2. The van der Waals surface area contributed by atoms with Gasteiger partial charge in [0.15, 0.2) is 9.84 Å². The Morgan fingerprint density at radius 3 is 2.64 bits per heavy atom. The van der Waals surface area contributed by atoms with E-state index in [4.69, 9.17) is 5.73 Å². The maximum Gasteiger partial charge on any atom is 0.150 e. The van der Waals surface area contributed by atoms with Crippen LogP contribution in [-0.2, 0) is 9.84 Å². The van der Waals surface area contributed by atoms with Gasteiger partial charge in [-0.15, -0.1) is 0 Å². The first-order valence-corrected chi connectivity index (χ1v) is 5.78. The third kappa shape index (κ3) is 2.17. The Kier molecular flexibility index (Phi) is 2.54. The maximum atomic E-state index is 11.0. The number of sulfone groups is 1. The van der Waals surface area contributed by atoms with Crippen LogP contribution in [0.15, 0.2) is 0 Å². The Bertz CT molecular complexity index is 223. The summed E-state index contributed by atoms with van der Waals surface area (Å²) in [6, 6.07) is 0. The summed E-state index contributed by atoms with van der Waals surface area (Å²) in [6.07, 6.45) is 0.806. The zero-order chi connectivity index (χ0) is 8.48. The molecule has 1 aliphatic rings. The van der Waals surface area contributed by atoms with Crippen LogP contribution in [-0.4, -0.2) is 26.5 Å². The molecule has 2 N–H and O–H groups in total. The Morgan fingerprint density at radius 2 is 2.27 bits per heavy atom. The van der Waals surface area contributed by atoms with Gasteiger partial charge in [-0.2, -0.15) is 0 Å². The Balaban J connectivity index is 2.55. The average molecular weight is 177 g/mol. The second kappa shape index (κ2) is 3.11. The van der Waals surface area contributed by atoms with Crippen molar-refractivity contribution >= 4 is 9.84 Å². The van der Waals surface area contributed by atoms with Crippen molar-refractivity contribution in [3.05, 3.63) is 0 Å². The maximum absolute atomic E-state index is 11.0. The minimum absolute atomic E-state index is 0.310. The lowest BCUT2D eigenvalue weighted by Crippen LogP contribution is -2.21. The van der Waals surface area contributed by atoms with Crippen LogP contribution < -0.4 is 5.73 Å². The lowest BCUT2D eigenvalue weighted by molar-refractivity contribution is 0.404. The minimum atomic E-state index is -2.71. The Hall–Kier alpha value is -0.0900. The number of hydrogen-bond acceptors (Lipinski definition) is 3. The molecular formula is C7H15NO2S. The summed E-state index contributed by atoms with van der Waals surface area (Å²) in [6.45, 7) is 2.62. The van der Waals surface area contributed by atoms with Gasteiger partial charge in [-0.3, -0.25) is 0 Å². The van der Waals surface area contributed by atoms with Gasteiger partial charge in [-0.25, -0.2) is 8.42 Å². The lowest BCUT2D eigenvalue weighted by Gasteiger charge is -2.14. The van der Waals surface area contributed by atoms with Gasteiger partial charge in [0, 0.05) is 0 Å². The summed E-state index contributed by atoms with van der Waals surface area (Å²) in [5.41, 5.74) is 5.45. The summed E-state index contributed by atoms with van der Waals surface area (Å²) in [4.78, 5) is 0. The molecule has 66 valence electrons. The van der Waals surface area contributed by atoms with Crippen molar-refractivity contribution in [1.29, 1.82) is 0 Å². The van der Waals surface area contributed by atoms with Gasteiger partial charge in [0.1, 0.15) is 0 Å². The molecule has 0 aromatic rings. The van der Waals surface area contributed by atoms with E-state index < -0.39 is 9.84 Å². The normalized spacial score (nSPS) is 32.0. The molecule has 11 heavy (non-hydrogen) atoms. The van der Waals surface area contributed by atoms with Gasteiger partial charge in [-0.1, -0.05) is 6.92 Å². The van der Waals surface area contributed by atoms with Crippen LogP contribution in [0.5, 0.6) is 0 Å². The van der Waals surface area contributed by atoms with E-state index >= 15 is 0 Å². The molecule has 2 atom stereocenters. The molecule has 2 unspecified atom stereocenters. The molecule has 1 fully saturated rings. The van der Waals surface area contributed by atoms with E-state index in [0.29, 0.717) is 29.9 Å². The second-order valence-electron chi connectivity index (χ2n) is 3.38. The topological polar surface area (TPSA) is 60.2 Å². The molecule has 0 aliphatic carbocycles. The molecule has 4 heteroatoms. The largest absolute Gasteiger partial charge is 0.330 e. The molecule has 0 aromatic heterocycles. The molecule has 0 amide bonds. The van der Waals surface area contributed by atoms with Crippen molar-refractivity contribution in [2.45, 2.75) is 13.3 Å². The van der Waals surface area contributed by atoms with E-state index in [1.165, 1.54) is 0 Å². The van der Waals surface area contributed by atoms with E-state index in [0.717, 1.165) is 6.42 Å². The first-order chi connectivity index (χ1) is 5.05. The quantitative estimate of drug-likeness (QED) is 0.646.